The Kier molecular flexibility index (Phi) is 8.76. The minimum atomic E-state index is -0.574. The number of rotatable bonds is 7. The van der Waals surface area contributed by atoms with E-state index in [4.69, 9.17) is 15.2 Å². The molecular weight excluding hydrogens is 364 g/mol. The molecule has 0 saturated heterocycles. The van der Waals surface area contributed by atoms with Crippen molar-refractivity contribution in [3.63, 3.8) is 0 Å². The Morgan fingerprint density at radius 1 is 1.04 bits per heavy atom. The van der Waals surface area contributed by atoms with Gasteiger partial charge in [-0.1, -0.05) is 32.9 Å². The van der Waals surface area contributed by atoms with Crippen LogP contribution in [0, 0.1) is 5.41 Å². The average molecular weight is 393 g/mol. The van der Waals surface area contributed by atoms with Crippen molar-refractivity contribution in [2.45, 2.75) is 33.2 Å². The molecule has 2 rings (SSSR count). The topological polar surface area (TPSA) is 73.6 Å². The highest BCUT2D eigenvalue weighted by Gasteiger charge is 2.27. The minimum absolute atomic E-state index is 0. The van der Waals surface area contributed by atoms with E-state index in [0.717, 1.165) is 12.2 Å². The van der Waals surface area contributed by atoms with Gasteiger partial charge in [0.2, 0.25) is 5.91 Å². The highest BCUT2D eigenvalue weighted by molar-refractivity contribution is 5.95. The molecule has 0 bridgehead atoms. The third kappa shape index (κ3) is 7.21. The summed E-state index contributed by atoms with van der Waals surface area (Å²) in [6.07, 6.45) is 0.877. The minimum Gasteiger partial charge on any atom is -0.457 e. The van der Waals surface area contributed by atoms with Crippen molar-refractivity contribution in [3.05, 3.63) is 54.1 Å². The average Bonchev–Trinajstić information content (AvgIpc) is 2.61. The normalized spacial score (nSPS) is 12.0. The van der Waals surface area contributed by atoms with Crippen LogP contribution in [0.1, 0.15) is 26.3 Å². The summed E-state index contributed by atoms with van der Waals surface area (Å²) in [6.45, 7) is 6.52. The maximum Gasteiger partial charge on any atom is 0.241 e. The Bertz CT molecular complexity index is 710. The number of anilines is 1. The lowest BCUT2D eigenvalue weighted by molar-refractivity contribution is -0.119. The zero-order valence-electron chi connectivity index (χ0n) is 16.3. The molecule has 0 unspecified atom stereocenters. The Morgan fingerprint density at radius 2 is 1.56 bits per heavy atom. The van der Waals surface area contributed by atoms with E-state index < -0.39 is 6.04 Å². The summed E-state index contributed by atoms with van der Waals surface area (Å²) in [6, 6.07) is 14.6. The quantitative estimate of drug-likeness (QED) is 0.732. The van der Waals surface area contributed by atoms with Gasteiger partial charge in [0.1, 0.15) is 11.5 Å². The molecule has 2 aromatic carbocycles. The first-order chi connectivity index (χ1) is 12.3. The Balaban J connectivity index is 0.00000364. The van der Waals surface area contributed by atoms with Crippen LogP contribution in [0.4, 0.5) is 5.69 Å². The summed E-state index contributed by atoms with van der Waals surface area (Å²) < 4.78 is 10.9. The fourth-order valence-electron chi connectivity index (χ4n) is 2.30. The molecule has 5 nitrogen and oxygen atoms in total. The monoisotopic (exact) mass is 392 g/mol. The van der Waals surface area contributed by atoms with Gasteiger partial charge >= 0.3 is 0 Å². The van der Waals surface area contributed by atoms with Crippen LogP contribution in [0.2, 0.25) is 0 Å². The molecule has 0 aliphatic heterocycles. The second-order valence-corrected chi connectivity index (χ2v) is 7.35. The van der Waals surface area contributed by atoms with Crippen LogP contribution in [0.15, 0.2) is 48.5 Å². The molecule has 1 atom stereocenters. The Labute approximate surface area is 167 Å². The van der Waals surface area contributed by atoms with Gasteiger partial charge in [0.15, 0.2) is 0 Å². The van der Waals surface area contributed by atoms with E-state index in [2.05, 4.69) is 5.32 Å². The number of nitrogens with two attached hydrogens (primary N) is 1. The molecule has 0 fully saturated rings. The van der Waals surface area contributed by atoms with Crippen molar-refractivity contribution in [2.24, 2.45) is 11.1 Å². The third-order valence-electron chi connectivity index (χ3n) is 4.09. The number of methoxy groups -OCH3 is 1. The lowest BCUT2D eigenvalue weighted by atomic mass is 9.87. The van der Waals surface area contributed by atoms with Crippen LogP contribution in [0.5, 0.6) is 11.5 Å². The highest BCUT2D eigenvalue weighted by atomic mass is 35.5. The summed E-state index contributed by atoms with van der Waals surface area (Å²) in [5, 5.41) is 2.83. The molecule has 0 heterocycles. The molecule has 0 aromatic heterocycles. The van der Waals surface area contributed by atoms with Crippen molar-refractivity contribution in [2.75, 3.05) is 19.0 Å². The molecule has 1 amide bonds. The maximum atomic E-state index is 12.2. The van der Waals surface area contributed by atoms with Gasteiger partial charge < -0.3 is 20.5 Å². The highest BCUT2D eigenvalue weighted by Crippen LogP contribution is 2.24. The molecule has 3 N–H and O–H groups in total. The lowest BCUT2D eigenvalue weighted by Gasteiger charge is -2.25. The van der Waals surface area contributed by atoms with Crippen molar-refractivity contribution < 1.29 is 14.3 Å². The fourth-order valence-corrected chi connectivity index (χ4v) is 2.30. The number of hydrogen-bond acceptors (Lipinski definition) is 4. The molecule has 6 heteroatoms. The van der Waals surface area contributed by atoms with Gasteiger partial charge in [-0.25, -0.2) is 0 Å². The van der Waals surface area contributed by atoms with E-state index in [1.54, 1.807) is 19.2 Å². The van der Waals surface area contributed by atoms with Crippen molar-refractivity contribution in [1.82, 2.24) is 0 Å². The summed E-state index contributed by atoms with van der Waals surface area (Å²) in [5.74, 6) is 1.27. The van der Waals surface area contributed by atoms with Gasteiger partial charge in [0.05, 0.1) is 12.6 Å². The van der Waals surface area contributed by atoms with Crippen LogP contribution in [0.25, 0.3) is 0 Å². The van der Waals surface area contributed by atoms with Gasteiger partial charge in [-0.2, -0.15) is 0 Å². The summed E-state index contributed by atoms with van der Waals surface area (Å²) in [5.41, 5.74) is 7.58. The van der Waals surface area contributed by atoms with E-state index in [1.165, 1.54) is 5.56 Å². The predicted octanol–water partition coefficient (Wildman–Crippen LogP) is 4.40. The molecule has 27 heavy (non-hydrogen) atoms. The lowest BCUT2D eigenvalue weighted by Crippen LogP contribution is -2.45. The number of benzene rings is 2. The number of ether oxygens (including phenoxy) is 2. The number of hydrogen-bond donors (Lipinski definition) is 2. The first-order valence-corrected chi connectivity index (χ1v) is 8.72. The van der Waals surface area contributed by atoms with E-state index >= 15 is 0 Å². The number of amides is 1. The van der Waals surface area contributed by atoms with Gasteiger partial charge in [-0.05, 0) is 53.8 Å². The summed E-state index contributed by atoms with van der Waals surface area (Å²) in [7, 11) is 1.69. The van der Waals surface area contributed by atoms with E-state index in [-0.39, 0.29) is 23.7 Å². The Hall–Kier alpha value is -2.08. The van der Waals surface area contributed by atoms with Gasteiger partial charge in [-0.15, -0.1) is 12.4 Å². The zero-order chi connectivity index (χ0) is 19.2. The van der Waals surface area contributed by atoms with Crippen LogP contribution >= 0.6 is 12.4 Å². The van der Waals surface area contributed by atoms with Crippen LogP contribution < -0.4 is 15.8 Å². The van der Waals surface area contributed by atoms with Gasteiger partial charge in [0.25, 0.3) is 0 Å². The first kappa shape index (κ1) is 23.0. The molecule has 0 spiro atoms. The molecule has 2 aromatic rings. The van der Waals surface area contributed by atoms with Crippen LogP contribution in [-0.4, -0.2) is 25.7 Å². The molecule has 0 aliphatic carbocycles. The maximum absolute atomic E-state index is 12.2. The van der Waals surface area contributed by atoms with E-state index in [9.17, 15) is 4.79 Å². The second kappa shape index (κ2) is 10.3. The first-order valence-electron chi connectivity index (χ1n) is 8.72. The second-order valence-electron chi connectivity index (χ2n) is 7.35. The van der Waals surface area contributed by atoms with Gasteiger partial charge in [0, 0.05) is 12.8 Å². The molecular formula is C21H29ClN2O3. The standard InChI is InChI=1S/C21H28N2O3.ClH/c1-21(2,3)19(22)20(24)23-16-7-11-18(12-8-16)26-17-9-5-15(6-10-17)13-14-25-4;/h5-12,19H,13-14,22H2,1-4H3,(H,23,24);1H/t19-;/m1./s1. The molecule has 148 valence electrons. The van der Waals surface area contributed by atoms with Crippen LogP contribution in [-0.2, 0) is 16.0 Å². The number of carbonyl (C=O) groups is 1. The molecule has 0 radical (unpaired) electrons. The molecule has 0 saturated carbocycles. The summed E-state index contributed by atoms with van der Waals surface area (Å²) >= 11 is 0. The van der Waals surface area contributed by atoms with Crippen LogP contribution in [0.3, 0.4) is 0 Å². The Morgan fingerprint density at radius 3 is 2.04 bits per heavy atom. The predicted molar refractivity (Wildman–Crippen MR) is 112 cm³/mol. The largest absolute Gasteiger partial charge is 0.457 e. The zero-order valence-corrected chi connectivity index (χ0v) is 17.1. The summed E-state index contributed by atoms with van der Waals surface area (Å²) in [4.78, 5) is 12.2. The third-order valence-corrected chi connectivity index (χ3v) is 4.09. The smallest absolute Gasteiger partial charge is 0.241 e. The van der Waals surface area contributed by atoms with E-state index in [0.29, 0.717) is 18.0 Å². The number of halogens is 1. The fraction of sp³-hybridized carbons (Fsp3) is 0.381. The van der Waals surface area contributed by atoms with Crippen molar-refractivity contribution >= 4 is 24.0 Å². The number of nitrogens with one attached hydrogen (secondary N) is 1. The van der Waals surface area contributed by atoms with Crippen molar-refractivity contribution in [3.8, 4) is 11.5 Å². The van der Waals surface area contributed by atoms with E-state index in [1.807, 2.05) is 57.2 Å². The number of carbonyl (C=O) groups excluding carboxylic acids is 1. The SMILES string of the molecule is COCCc1ccc(Oc2ccc(NC(=O)[C@@H](N)C(C)(C)C)cc2)cc1.Cl. The van der Waals surface area contributed by atoms with Gasteiger partial charge in [-0.3, -0.25) is 4.79 Å². The van der Waals surface area contributed by atoms with Crippen molar-refractivity contribution in [1.29, 1.82) is 0 Å². The molecule has 0 aliphatic rings.